The number of likely N-dealkylation sites (N-methyl/N-ethyl adjacent to an activating group) is 1. The highest BCUT2D eigenvalue weighted by Crippen LogP contribution is 2.32. The Morgan fingerprint density at radius 3 is 2.77 bits per heavy atom. The smallest absolute Gasteiger partial charge is 0.240 e. The number of rotatable bonds is 4. The first-order valence-corrected chi connectivity index (χ1v) is 8.39. The van der Waals surface area contributed by atoms with E-state index in [0.29, 0.717) is 10.6 Å². The second kappa shape index (κ2) is 6.55. The van der Waals surface area contributed by atoms with Gasteiger partial charge in [-0.05, 0) is 51.4 Å². The Balaban J connectivity index is 1.79. The van der Waals surface area contributed by atoms with E-state index in [4.69, 9.17) is 11.6 Å². The molecular formula is C17H22ClFN2O. The van der Waals surface area contributed by atoms with E-state index in [0.717, 1.165) is 38.6 Å². The lowest BCUT2D eigenvalue weighted by atomic mass is 10.0. The molecule has 1 amide bonds. The lowest BCUT2D eigenvalue weighted by Crippen LogP contribution is -2.49. The Hall–Kier alpha value is -1.13. The number of carbonyl (C=O) groups is 1. The fourth-order valence-electron chi connectivity index (χ4n) is 3.21. The normalized spacial score (nSPS) is 22.6. The predicted molar refractivity (Wildman–Crippen MR) is 85.3 cm³/mol. The van der Waals surface area contributed by atoms with Gasteiger partial charge in [-0.25, -0.2) is 4.39 Å². The average molecular weight is 325 g/mol. The first-order valence-electron chi connectivity index (χ1n) is 8.01. The van der Waals surface area contributed by atoms with Gasteiger partial charge in [0.1, 0.15) is 5.82 Å². The van der Waals surface area contributed by atoms with Crippen LogP contribution >= 0.6 is 11.6 Å². The maximum atomic E-state index is 14.0. The van der Waals surface area contributed by atoms with Crippen LogP contribution in [-0.4, -0.2) is 41.4 Å². The van der Waals surface area contributed by atoms with E-state index in [1.807, 2.05) is 11.9 Å². The highest BCUT2D eigenvalue weighted by Gasteiger charge is 2.38. The Kier molecular flexibility index (Phi) is 4.69. The van der Waals surface area contributed by atoms with Crippen molar-refractivity contribution < 1.29 is 9.18 Å². The summed E-state index contributed by atoms with van der Waals surface area (Å²) in [6.45, 7) is 1.23. The topological polar surface area (TPSA) is 23.6 Å². The molecule has 5 heteroatoms. The van der Waals surface area contributed by atoms with Gasteiger partial charge in [0.05, 0.1) is 12.6 Å². The van der Waals surface area contributed by atoms with Crippen LogP contribution in [0.3, 0.4) is 0 Å². The van der Waals surface area contributed by atoms with Crippen LogP contribution in [0.2, 0.25) is 5.02 Å². The van der Waals surface area contributed by atoms with Gasteiger partial charge in [-0.1, -0.05) is 24.1 Å². The standard InChI is InChI=1S/C17H22ClFN2O/c1-20-10-3-2-7-16(20)17(22)21(12-8-9-12)11-13-14(18)5-4-6-15(13)19/h4-6,12,16H,2-3,7-11H2,1H3/t16-/m0/s1. The van der Waals surface area contributed by atoms with Crippen LogP contribution in [0.25, 0.3) is 0 Å². The summed E-state index contributed by atoms with van der Waals surface area (Å²) in [6, 6.07) is 4.86. The molecule has 1 aliphatic carbocycles. The van der Waals surface area contributed by atoms with Crippen LogP contribution in [0.1, 0.15) is 37.7 Å². The van der Waals surface area contributed by atoms with Crippen molar-refractivity contribution in [1.82, 2.24) is 9.80 Å². The number of likely N-dealkylation sites (tertiary alicyclic amines) is 1. The van der Waals surface area contributed by atoms with Gasteiger partial charge in [-0.15, -0.1) is 0 Å². The zero-order valence-corrected chi connectivity index (χ0v) is 13.7. The number of hydrogen-bond donors (Lipinski definition) is 0. The number of hydrogen-bond acceptors (Lipinski definition) is 2. The molecule has 0 unspecified atom stereocenters. The summed E-state index contributed by atoms with van der Waals surface area (Å²) < 4.78 is 14.0. The van der Waals surface area contributed by atoms with Gasteiger partial charge in [0.25, 0.3) is 0 Å². The average Bonchev–Trinajstić information content (AvgIpc) is 3.31. The third-order valence-electron chi connectivity index (χ3n) is 4.72. The molecule has 1 saturated heterocycles. The Morgan fingerprint density at radius 1 is 1.36 bits per heavy atom. The van der Waals surface area contributed by atoms with Gasteiger partial charge >= 0.3 is 0 Å². The maximum absolute atomic E-state index is 14.0. The molecule has 3 rings (SSSR count). The largest absolute Gasteiger partial charge is 0.334 e. The van der Waals surface area contributed by atoms with Crippen LogP contribution in [0.5, 0.6) is 0 Å². The minimum absolute atomic E-state index is 0.0695. The number of benzene rings is 1. The molecule has 1 atom stereocenters. The summed E-state index contributed by atoms with van der Waals surface area (Å²) in [4.78, 5) is 16.9. The fourth-order valence-corrected chi connectivity index (χ4v) is 3.43. The zero-order valence-electron chi connectivity index (χ0n) is 12.9. The molecule has 120 valence electrons. The highest BCUT2D eigenvalue weighted by atomic mass is 35.5. The van der Waals surface area contributed by atoms with E-state index >= 15 is 0 Å². The number of halogens is 2. The van der Waals surface area contributed by atoms with Crippen molar-refractivity contribution in [3.63, 3.8) is 0 Å². The van der Waals surface area contributed by atoms with E-state index in [-0.39, 0.29) is 30.4 Å². The van der Waals surface area contributed by atoms with Crippen molar-refractivity contribution in [2.75, 3.05) is 13.6 Å². The number of amides is 1. The summed E-state index contributed by atoms with van der Waals surface area (Å²) in [7, 11) is 2.00. The van der Waals surface area contributed by atoms with Gasteiger partial charge < -0.3 is 4.90 Å². The van der Waals surface area contributed by atoms with Crippen molar-refractivity contribution in [3.8, 4) is 0 Å². The predicted octanol–water partition coefficient (Wildman–Crippen LogP) is 3.45. The molecule has 0 radical (unpaired) electrons. The molecule has 2 fully saturated rings. The van der Waals surface area contributed by atoms with Crippen molar-refractivity contribution in [1.29, 1.82) is 0 Å². The van der Waals surface area contributed by atoms with E-state index in [1.165, 1.54) is 6.07 Å². The highest BCUT2D eigenvalue weighted by molar-refractivity contribution is 6.31. The molecule has 0 spiro atoms. The second-order valence-corrected chi connectivity index (χ2v) is 6.80. The number of carbonyl (C=O) groups excluding carboxylic acids is 1. The minimum Gasteiger partial charge on any atom is -0.334 e. The van der Waals surface area contributed by atoms with Gasteiger partial charge in [0.15, 0.2) is 0 Å². The SMILES string of the molecule is CN1CCCC[C@H]1C(=O)N(Cc1c(F)cccc1Cl)C1CC1. The van der Waals surface area contributed by atoms with Gasteiger partial charge in [-0.3, -0.25) is 9.69 Å². The molecule has 0 bridgehead atoms. The number of piperidine rings is 1. The maximum Gasteiger partial charge on any atom is 0.240 e. The van der Waals surface area contributed by atoms with Crippen LogP contribution in [0, 0.1) is 5.82 Å². The summed E-state index contributed by atoms with van der Waals surface area (Å²) in [5.74, 6) is -0.202. The van der Waals surface area contributed by atoms with E-state index in [9.17, 15) is 9.18 Å². The Labute approximate surface area is 136 Å². The minimum atomic E-state index is -0.331. The molecule has 1 aromatic carbocycles. The van der Waals surface area contributed by atoms with Gasteiger partial charge in [0, 0.05) is 16.6 Å². The van der Waals surface area contributed by atoms with E-state index < -0.39 is 0 Å². The fraction of sp³-hybridized carbons (Fsp3) is 0.588. The van der Waals surface area contributed by atoms with Crippen LogP contribution in [-0.2, 0) is 11.3 Å². The van der Waals surface area contributed by atoms with E-state index in [2.05, 4.69) is 4.90 Å². The molecule has 0 N–H and O–H groups in total. The summed E-state index contributed by atoms with van der Waals surface area (Å²) in [6.07, 6.45) is 5.13. The van der Waals surface area contributed by atoms with Crippen LogP contribution in [0.15, 0.2) is 18.2 Å². The summed E-state index contributed by atoms with van der Waals surface area (Å²) in [5.41, 5.74) is 0.433. The van der Waals surface area contributed by atoms with Crippen LogP contribution in [0.4, 0.5) is 4.39 Å². The summed E-state index contributed by atoms with van der Waals surface area (Å²) in [5, 5.41) is 0.399. The molecule has 0 aromatic heterocycles. The zero-order chi connectivity index (χ0) is 15.7. The third-order valence-corrected chi connectivity index (χ3v) is 5.07. The molecule has 22 heavy (non-hydrogen) atoms. The third kappa shape index (κ3) is 3.28. The monoisotopic (exact) mass is 324 g/mol. The molecule has 2 aliphatic rings. The van der Waals surface area contributed by atoms with E-state index in [1.54, 1.807) is 12.1 Å². The Bertz CT molecular complexity index is 541. The summed E-state index contributed by atoms with van der Waals surface area (Å²) >= 11 is 6.13. The van der Waals surface area contributed by atoms with Crippen molar-refractivity contribution in [3.05, 3.63) is 34.6 Å². The molecule has 1 aliphatic heterocycles. The second-order valence-electron chi connectivity index (χ2n) is 6.39. The quantitative estimate of drug-likeness (QED) is 0.847. The van der Waals surface area contributed by atoms with Crippen LogP contribution < -0.4 is 0 Å². The lowest BCUT2D eigenvalue weighted by Gasteiger charge is -2.35. The van der Waals surface area contributed by atoms with Gasteiger partial charge in [0.2, 0.25) is 5.91 Å². The molecule has 1 aromatic rings. The van der Waals surface area contributed by atoms with Crippen molar-refractivity contribution in [2.45, 2.75) is 50.7 Å². The molecular weight excluding hydrogens is 303 g/mol. The Morgan fingerprint density at radius 2 is 2.14 bits per heavy atom. The molecule has 1 saturated carbocycles. The van der Waals surface area contributed by atoms with Crippen molar-refractivity contribution in [2.24, 2.45) is 0 Å². The molecule has 1 heterocycles. The first-order chi connectivity index (χ1) is 10.6. The first kappa shape index (κ1) is 15.8. The van der Waals surface area contributed by atoms with Gasteiger partial charge in [-0.2, -0.15) is 0 Å². The number of nitrogens with zero attached hydrogens (tertiary/aromatic N) is 2. The molecule has 3 nitrogen and oxygen atoms in total. The van der Waals surface area contributed by atoms with Crippen molar-refractivity contribution >= 4 is 17.5 Å². The lowest BCUT2D eigenvalue weighted by molar-refractivity contribution is -0.139.